The van der Waals surface area contributed by atoms with E-state index in [1.807, 2.05) is 6.07 Å². The van der Waals surface area contributed by atoms with Gasteiger partial charge in [-0.25, -0.2) is 0 Å². The van der Waals surface area contributed by atoms with E-state index < -0.39 is 0 Å². The van der Waals surface area contributed by atoms with Crippen molar-refractivity contribution in [3.63, 3.8) is 0 Å². The summed E-state index contributed by atoms with van der Waals surface area (Å²) < 4.78 is 17.4. The van der Waals surface area contributed by atoms with Crippen molar-refractivity contribution in [2.75, 3.05) is 47.0 Å². The number of fused-ring (bicyclic) bond motifs is 2. The van der Waals surface area contributed by atoms with Crippen LogP contribution in [0.5, 0.6) is 17.2 Å². The molecule has 0 aromatic heterocycles. The van der Waals surface area contributed by atoms with Gasteiger partial charge in [0.05, 0.1) is 6.04 Å². The smallest absolute Gasteiger partial charge is 0.161 e. The minimum Gasteiger partial charge on any atom is -0.492 e. The zero-order valence-corrected chi connectivity index (χ0v) is 15.5. The third-order valence-corrected chi connectivity index (χ3v) is 4.86. The number of hydrogen-bond donors (Lipinski definition) is 1. The van der Waals surface area contributed by atoms with Crippen LogP contribution in [-0.2, 0) is 6.42 Å². The molecule has 2 aliphatic rings. The van der Waals surface area contributed by atoms with Gasteiger partial charge in [-0.1, -0.05) is 12.1 Å². The Balaban J connectivity index is 1.59. The molecule has 0 bridgehead atoms. The fraction of sp³-hybridized carbons (Fsp3) is 0.429. The van der Waals surface area contributed by atoms with Crippen molar-refractivity contribution in [3.05, 3.63) is 53.1 Å². The number of nitrogens with zero attached hydrogens (tertiary/aromatic N) is 1. The van der Waals surface area contributed by atoms with Crippen molar-refractivity contribution >= 4 is 0 Å². The molecule has 0 aliphatic carbocycles. The highest BCUT2D eigenvalue weighted by Gasteiger charge is 2.25. The maximum Gasteiger partial charge on any atom is 0.161 e. The summed E-state index contributed by atoms with van der Waals surface area (Å²) in [6.07, 6.45) is 1.00. The molecule has 0 fully saturated rings. The van der Waals surface area contributed by atoms with E-state index >= 15 is 0 Å². The minimum atomic E-state index is 0.145. The molecule has 1 N–H and O–H groups in total. The van der Waals surface area contributed by atoms with Gasteiger partial charge in [0.25, 0.3) is 0 Å². The van der Waals surface area contributed by atoms with Crippen LogP contribution in [0.2, 0.25) is 0 Å². The Labute approximate surface area is 154 Å². The predicted octanol–water partition coefficient (Wildman–Crippen LogP) is 2.63. The van der Waals surface area contributed by atoms with E-state index in [0.717, 1.165) is 36.8 Å². The molecule has 0 saturated heterocycles. The first kappa shape index (κ1) is 17.2. The van der Waals surface area contributed by atoms with Crippen molar-refractivity contribution in [2.45, 2.75) is 12.5 Å². The fourth-order valence-corrected chi connectivity index (χ4v) is 3.52. The van der Waals surface area contributed by atoms with E-state index in [1.54, 1.807) is 0 Å². The lowest BCUT2D eigenvalue weighted by Crippen LogP contribution is -2.31. The third-order valence-electron chi connectivity index (χ3n) is 4.86. The zero-order valence-electron chi connectivity index (χ0n) is 15.5. The lowest BCUT2D eigenvalue weighted by Gasteiger charge is -2.30. The molecule has 1 unspecified atom stereocenters. The summed E-state index contributed by atoms with van der Waals surface area (Å²) in [7, 11) is 4.10. The SMILES string of the molecule is CN(C)CCOc1cccc(C2NCCc3cc4c(cc32)OCCO4)c1. The molecule has 26 heavy (non-hydrogen) atoms. The zero-order chi connectivity index (χ0) is 17.9. The van der Waals surface area contributed by atoms with Gasteiger partial charge in [-0.2, -0.15) is 0 Å². The van der Waals surface area contributed by atoms with Gasteiger partial charge >= 0.3 is 0 Å². The van der Waals surface area contributed by atoms with Crippen LogP contribution in [0.25, 0.3) is 0 Å². The first-order chi connectivity index (χ1) is 12.7. The molecule has 0 radical (unpaired) electrons. The number of nitrogens with one attached hydrogen (secondary N) is 1. The topological polar surface area (TPSA) is 43.0 Å². The highest BCUT2D eigenvalue weighted by atomic mass is 16.6. The van der Waals surface area contributed by atoms with E-state index in [2.05, 4.69) is 54.6 Å². The molecule has 0 spiro atoms. The van der Waals surface area contributed by atoms with Gasteiger partial charge in [-0.05, 0) is 61.5 Å². The van der Waals surface area contributed by atoms with E-state index in [9.17, 15) is 0 Å². The van der Waals surface area contributed by atoms with Gasteiger partial charge in [0.15, 0.2) is 11.5 Å². The van der Waals surface area contributed by atoms with Crippen molar-refractivity contribution in [1.82, 2.24) is 10.2 Å². The number of hydrogen-bond acceptors (Lipinski definition) is 5. The Hall–Kier alpha value is -2.24. The normalized spacial score (nSPS) is 18.5. The van der Waals surface area contributed by atoms with Gasteiger partial charge in [-0.3, -0.25) is 0 Å². The van der Waals surface area contributed by atoms with Crippen LogP contribution in [-0.4, -0.2) is 51.9 Å². The summed E-state index contributed by atoms with van der Waals surface area (Å²) in [4.78, 5) is 2.12. The minimum absolute atomic E-state index is 0.145. The van der Waals surface area contributed by atoms with E-state index in [0.29, 0.717) is 19.8 Å². The van der Waals surface area contributed by atoms with Crippen LogP contribution in [0.1, 0.15) is 22.7 Å². The Bertz CT molecular complexity index is 776. The summed E-state index contributed by atoms with van der Waals surface area (Å²) in [5.41, 5.74) is 3.81. The molecule has 0 saturated carbocycles. The molecule has 0 amide bonds. The van der Waals surface area contributed by atoms with Crippen LogP contribution < -0.4 is 19.5 Å². The lowest BCUT2D eigenvalue weighted by molar-refractivity contribution is 0.171. The summed E-state index contributed by atoms with van der Waals surface area (Å²) in [5, 5.41) is 3.64. The van der Waals surface area contributed by atoms with Crippen LogP contribution in [0.3, 0.4) is 0 Å². The van der Waals surface area contributed by atoms with Gasteiger partial charge in [0.1, 0.15) is 25.6 Å². The van der Waals surface area contributed by atoms with Crippen LogP contribution in [0.15, 0.2) is 36.4 Å². The van der Waals surface area contributed by atoms with Crippen molar-refractivity contribution < 1.29 is 14.2 Å². The molecule has 2 aromatic rings. The first-order valence-electron chi connectivity index (χ1n) is 9.24. The summed E-state index contributed by atoms with van der Waals surface area (Å²) in [6.45, 7) is 3.77. The Morgan fingerprint density at radius 1 is 1.12 bits per heavy atom. The molecule has 2 aromatic carbocycles. The molecule has 2 aliphatic heterocycles. The average Bonchev–Trinajstić information content (AvgIpc) is 2.66. The average molecular weight is 354 g/mol. The molecule has 1 atom stereocenters. The van der Waals surface area contributed by atoms with Gasteiger partial charge in [-0.15, -0.1) is 0 Å². The monoisotopic (exact) mass is 354 g/mol. The lowest BCUT2D eigenvalue weighted by atomic mass is 9.89. The van der Waals surface area contributed by atoms with Crippen LogP contribution in [0, 0.1) is 0 Å². The quantitative estimate of drug-likeness (QED) is 0.894. The molecule has 4 rings (SSSR count). The highest BCUT2D eigenvalue weighted by Crippen LogP contribution is 2.39. The van der Waals surface area contributed by atoms with Crippen LogP contribution >= 0.6 is 0 Å². The summed E-state index contributed by atoms with van der Waals surface area (Å²) in [5.74, 6) is 2.63. The number of benzene rings is 2. The van der Waals surface area contributed by atoms with Gasteiger partial charge < -0.3 is 24.4 Å². The van der Waals surface area contributed by atoms with Gasteiger partial charge in [0.2, 0.25) is 0 Å². The summed E-state index contributed by atoms with van der Waals surface area (Å²) >= 11 is 0. The number of rotatable bonds is 5. The number of likely N-dealkylation sites (N-methyl/N-ethyl adjacent to an activating group) is 1. The second kappa shape index (κ2) is 7.56. The molecule has 138 valence electrons. The van der Waals surface area contributed by atoms with E-state index in [-0.39, 0.29) is 6.04 Å². The highest BCUT2D eigenvalue weighted by molar-refractivity contribution is 5.52. The Kier molecular flexibility index (Phi) is 5.00. The third kappa shape index (κ3) is 3.64. The van der Waals surface area contributed by atoms with Crippen molar-refractivity contribution in [1.29, 1.82) is 0 Å². The second-order valence-electron chi connectivity index (χ2n) is 7.06. The largest absolute Gasteiger partial charge is 0.492 e. The maximum atomic E-state index is 5.91. The van der Waals surface area contributed by atoms with E-state index in [4.69, 9.17) is 14.2 Å². The van der Waals surface area contributed by atoms with Crippen LogP contribution in [0.4, 0.5) is 0 Å². The fourth-order valence-electron chi connectivity index (χ4n) is 3.52. The summed E-state index contributed by atoms with van der Waals surface area (Å²) in [6, 6.07) is 12.8. The van der Waals surface area contributed by atoms with E-state index in [1.165, 1.54) is 16.7 Å². The van der Waals surface area contributed by atoms with Crippen molar-refractivity contribution in [2.24, 2.45) is 0 Å². The maximum absolute atomic E-state index is 5.91. The molecule has 5 heteroatoms. The standard InChI is InChI=1S/C21H26N2O3/c1-23(2)8-9-24-17-5-3-4-16(12-17)21-18-14-20-19(25-10-11-26-20)13-15(18)6-7-22-21/h3-5,12-14,21-22H,6-11H2,1-2H3. The predicted molar refractivity (Wildman–Crippen MR) is 101 cm³/mol. The second-order valence-corrected chi connectivity index (χ2v) is 7.06. The molecular weight excluding hydrogens is 328 g/mol. The number of ether oxygens (including phenoxy) is 3. The molecular formula is C21H26N2O3. The first-order valence-corrected chi connectivity index (χ1v) is 9.24. The van der Waals surface area contributed by atoms with Gasteiger partial charge in [0, 0.05) is 13.1 Å². The Morgan fingerprint density at radius 2 is 1.92 bits per heavy atom. The Morgan fingerprint density at radius 3 is 2.73 bits per heavy atom. The molecule has 2 heterocycles. The van der Waals surface area contributed by atoms with Crippen molar-refractivity contribution in [3.8, 4) is 17.2 Å². The molecule has 5 nitrogen and oxygen atoms in total.